The lowest BCUT2D eigenvalue weighted by molar-refractivity contribution is -0.00518. The molecule has 4 saturated carbocycles. The maximum Gasteiger partial charge on any atom is 0.187 e. The first-order valence-corrected chi connectivity index (χ1v) is 17.6. The molecule has 0 saturated heterocycles. The monoisotopic (exact) mass is 633 g/mol. The molecule has 5 heteroatoms. The first-order chi connectivity index (χ1) is 24.1. The van der Waals surface area contributed by atoms with Gasteiger partial charge in [-0.15, -0.1) is 0 Å². The van der Waals surface area contributed by atoms with E-state index in [9.17, 15) is 0 Å². The van der Waals surface area contributed by atoms with Gasteiger partial charge in [-0.3, -0.25) is 0 Å². The van der Waals surface area contributed by atoms with Crippen molar-refractivity contribution in [3.63, 3.8) is 0 Å². The third-order valence-electron chi connectivity index (χ3n) is 11.6. The highest BCUT2D eigenvalue weighted by Crippen LogP contribution is 2.60. The SMILES string of the molecule is [C-]#[N+]c1ccc(-c2nc(-c3ccc(C45CC6CC(CC(C6)C4)C5)cc3)nc(-c3cccc(-n4c5ccccc5c5ccccc54)c3)n2)cc1. The molecule has 4 bridgehead atoms. The fraction of sp³-hybridized carbons (Fsp3) is 0.227. The van der Waals surface area contributed by atoms with Gasteiger partial charge in [-0.1, -0.05) is 97.1 Å². The van der Waals surface area contributed by atoms with Crippen LogP contribution in [0.15, 0.2) is 121 Å². The van der Waals surface area contributed by atoms with Gasteiger partial charge in [0.25, 0.3) is 0 Å². The second kappa shape index (κ2) is 11.0. The number of aromatic nitrogens is 4. The van der Waals surface area contributed by atoms with Crippen LogP contribution in [0.2, 0.25) is 0 Å². The van der Waals surface area contributed by atoms with Crippen molar-refractivity contribution in [2.45, 2.75) is 43.9 Å². The average Bonchev–Trinajstić information content (AvgIpc) is 3.49. The summed E-state index contributed by atoms with van der Waals surface area (Å²) in [6.45, 7) is 7.42. The number of hydrogen-bond donors (Lipinski definition) is 0. The highest BCUT2D eigenvalue weighted by Gasteiger charge is 2.51. The van der Waals surface area contributed by atoms with Crippen LogP contribution in [-0.2, 0) is 5.41 Å². The Morgan fingerprint density at radius 3 is 1.61 bits per heavy atom. The Morgan fingerprint density at radius 2 is 1.06 bits per heavy atom. The highest BCUT2D eigenvalue weighted by molar-refractivity contribution is 6.09. The summed E-state index contributed by atoms with van der Waals surface area (Å²) in [5.74, 6) is 4.62. The molecule has 0 N–H and O–H groups in total. The van der Waals surface area contributed by atoms with Crippen molar-refractivity contribution in [1.82, 2.24) is 19.5 Å². The molecule has 5 aromatic carbocycles. The molecule has 0 atom stereocenters. The first kappa shape index (κ1) is 28.4. The maximum absolute atomic E-state index is 7.42. The van der Waals surface area contributed by atoms with Gasteiger partial charge in [0.1, 0.15) is 0 Å². The summed E-state index contributed by atoms with van der Waals surface area (Å²) in [5.41, 5.74) is 8.60. The lowest BCUT2D eigenvalue weighted by Gasteiger charge is -2.57. The lowest BCUT2D eigenvalue weighted by atomic mass is 9.48. The van der Waals surface area contributed by atoms with Crippen molar-refractivity contribution in [1.29, 1.82) is 0 Å². The second-order valence-corrected chi connectivity index (χ2v) is 14.7. The standard InChI is InChI=1S/C44H35N5/c1-45-35-19-15-32(16-20-35)42-46-41(31-13-17-34(18-14-31)44-25-28-21-29(26-44)23-30(22-28)27-44)47-43(48-42)33-7-6-8-36(24-33)49-39-11-4-2-9-37(39)38-10-3-5-12-40(38)49/h2-20,24,28-30H,21-23,25-27H2. The lowest BCUT2D eigenvalue weighted by Crippen LogP contribution is -2.48. The minimum absolute atomic E-state index is 0.348. The van der Waals surface area contributed by atoms with Crippen LogP contribution >= 0.6 is 0 Å². The minimum atomic E-state index is 0.348. The smallest absolute Gasteiger partial charge is 0.187 e. The second-order valence-electron chi connectivity index (χ2n) is 14.7. The quantitative estimate of drug-likeness (QED) is 0.177. The Labute approximate surface area is 286 Å². The van der Waals surface area contributed by atoms with E-state index >= 15 is 0 Å². The molecule has 5 nitrogen and oxygen atoms in total. The number of benzene rings is 5. The molecular formula is C44H35N5. The van der Waals surface area contributed by atoms with E-state index in [1.165, 1.54) is 54.9 Å². The Hall–Kier alpha value is -5.60. The van der Waals surface area contributed by atoms with Crippen LogP contribution in [0.25, 0.3) is 66.5 Å². The number of nitrogens with zero attached hydrogens (tertiary/aromatic N) is 5. The van der Waals surface area contributed by atoms with Crippen LogP contribution in [0, 0.1) is 24.3 Å². The summed E-state index contributed by atoms with van der Waals surface area (Å²) in [5, 5.41) is 2.46. The Morgan fingerprint density at radius 1 is 0.551 bits per heavy atom. The third kappa shape index (κ3) is 4.70. The van der Waals surface area contributed by atoms with Gasteiger partial charge in [0, 0.05) is 33.2 Å². The summed E-state index contributed by atoms with van der Waals surface area (Å²) < 4.78 is 2.32. The molecule has 4 fully saturated rings. The van der Waals surface area contributed by atoms with Gasteiger partial charge in [-0.25, -0.2) is 19.8 Å². The molecule has 236 valence electrons. The van der Waals surface area contributed by atoms with Gasteiger partial charge in [-0.2, -0.15) is 0 Å². The van der Waals surface area contributed by atoms with Crippen molar-refractivity contribution >= 4 is 27.5 Å². The minimum Gasteiger partial charge on any atom is -0.309 e. The summed E-state index contributed by atoms with van der Waals surface area (Å²) in [6, 6.07) is 42.3. The molecule has 49 heavy (non-hydrogen) atoms. The van der Waals surface area contributed by atoms with Crippen LogP contribution < -0.4 is 0 Å². The van der Waals surface area contributed by atoms with E-state index in [1.54, 1.807) is 0 Å². The molecule has 4 aliphatic carbocycles. The fourth-order valence-corrected chi connectivity index (χ4v) is 9.87. The predicted molar refractivity (Wildman–Crippen MR) is 197 cm³/mol. The summed E-state index contributed by atoms with van der Waals surface area (Å²) >= 11 is 0. The van der Waals surface area contributed by atoms with Crippen LogP contribution in [0.1, 0.15) is 44.1 Å². The van der Waals surface area contributed by atoms with E-state index < -0.39 is 0 Å². The maximum atomic E-state index is 7.42. The van der Waals surface area contributed by atoms with Gasteiger partial charge in [0.2, 0.25) is 0 Å². The van der Waals surface area contributed by atoms with Gasteiger partial charge >= 0.3 is 0 Å². The normalized spacial score (nSPS) is 22.5. The molecule has 11 rings (SSSR count). The summed E-state index contributed by atoms with van der Waals surface area (Å²) in [6.07, 6.45) is 8.39. The highest BCUT2D eigenvalue weighted by atomic mass is 15.0. The molecule has 0 spiro atoms. The Balaban J connectivity index is 1.08. The molecule has 0 radical (unpaired) electrons. The number of hydrogen-bond acceptors (Lipinski definition) is 3. The largest absolute Gasteiger partial charge is 0.309 e. The van der Waals surface area contributed by atoms with Crippen molar-refractivity contribution in [2.75, 3.05) is 0 Å². The topological polar surface area (TPSA) is 48.0 Å². The van der Waals surface area contributed by atoms with E-state index in [2.05, 4.69) is 106 Å². The van der Waals surface area contributed by atoms with Gasteiger partial charge in [0.05, 0.1) is 17.6 Å². The van der Waals surface area contributed by atoms with Crippen molar-refractivity contribution < 1.29 is 0 Å². The summed E-state index contributed by atoms with van der Waals surface area (Å²) in [4.78, 5) is 18.8. The Kier molecular flexibility index (Phi) is 6.36. The summed E-state index contributed by atoms with van der Waals surface area (Å²) in [7, 11) is 0. The molecule has 0 aliphatic heterocycles. The molecule has 2 heterocycles. The third-order valence-corrected chi connectivity index (χ3v) is 11.6. The van der Waals surface area contributed by atoms with E-state index in [1.807, 2.05) is 24.3 Å². The van der Waals surface area contributed by atoms with E-state index in [4.69, 9.17) is 21.5 Å². The molecular weight excluding hydrogens is 599 g/mol. The van der Waals surface area contributed by atoms with Gasteiger partial charge in [-0.05, 0) is 91.5 Å². The van der Waals surface area contributed by atoms with Gasteiger partial charge < -0.3 is 4.57 Å². The van der Waals surface area contributed by atoms with Crippen molar-refractivity contribution in [3.05, 3.63) is 138 Å². The van der Waals surface area contributed by atoms with E-state index in [0.717, 1.165) is 51.2 Å². The van der Waals surface area contributed by atoms with Crippen molar-refractivity contribution in [3.8, 4) is 39.9 Å². The zero-order chi connectivity index (χ0) is 32.5. The van der Waals surface area contributed by atoms with Crippen LogP contribution in [-0.4, -0.2) is 19.5 Å². The number of para-hydroxylation sites is 2. The van der Waals surface area contributed by atoms with E-state index in [0.29, 0.717) is 28.6 Å². The zero-order valence-electron chi connectivity index (χ0n) is 27.3. The fourth-order valence-electron chi connectivity index (χ4n) is 9.87. The molecule has 7 aromatic rings. The zero-order valence-corrected chi connectivity index (χ0v) is 27.3. The predicted octanol–water partition coefficient (Wildman–Crippen LogP) is 11.0. The number of rotatable bonds is 5. The average molecular weight is 634 g/mol. The first-order valence-electron chi connectivity index (χ1n) is 17.6. The molecule has 0 unspecified atom stereocenters. The van der Waals surface area contributed by atoms with Crippen LogP contribution in [0.3, 0.4) is 0 Å². The van der Waals surface area contributed by atoms with Crippen LogP contribution in [0.5, 0.6) is 0 Å². The van der Waals surface area contributed by atoms with Crippen molar-refractivity contribution in [2.24, 2.45) is 17.8 Å². The van der Waals surface area contributed by atoms with Gasteiger partial charge in [0.15, 0.2) is 23.2 Å². The molecule has 4 aliphatic rings. The van der Waals surface area contributed by atoms with E-state index in [-0.39, 0.29) is 0 Å². The Bertz CT molecular complexity index is 2340. The molecule has 2 aromatic heterocycles. The van der Waals surface area contributed by atoms with Crippen LogP contribution in [0.4, 0.5) is 5.69 Å². The molecule has 0 amide bonds. The number of fused-ring (bicyclic) bond motifs is 3.